The van der Waals surface area contributed by atoms with Crippen LogP contribution in [0, 0.1) is 5.41 Å². The number of carbonyl (C=O) groups excluding carboxylic acids is 1. The van der Waals surface area contributed by atoms with Crippen molar-refractivity contribution in [2.24, 2.45) is 5.41 Å². The Balaban J connectivity index is 1.58. The van der Waals surface area contributed by atoms with Crippen LogP contribution in [-0.2, 0) is 16.0 Å². The quantitative estimate of drug-likeness (QED) is 0.845. The van der Waals surface area contributed by atoms with Crippen LogP contribution in [0.4, 0.5) is 0 Å². The topological polar surface area (TPSA) is 66.4 Å². The standard InChI is InChI=1S/C17H21NO3/c19-14(12-16(15(20)21)7-4-8-16)18-17(9-10-17)11-13-5-2-1-3-6-13/h1-3,5-6H,4,7-12H2,(H,18,19)(H,20,21). The third-order valence-corrected chi connectivity index (χ3v) is 4.91. The van der Waals surface area contributed by atoms with E-state index in [1.54, 1.807) is 0 Å². The van der Waals surface area contributed by atoms with E-state index in [4.69, 9.17) is 0 Å². The zero-order chi connectivity index (χ0) is 14.9. The van der Waals surface area contributed by atoms with Crippen LogP contribution in [0.3, 0.4) is 0 Å². The van der Waals surface area contributed by atoms with Gasteiger partial charge in [-0.3, -0.25) is 9.59 Å². The summed E-state index contributed by atoms with van der Waals surface area (Å²) in [5.41, 5.74) is 0.279. The third-order valence-electron chi connectivity index (χ3n) is 4.91. The smallest absolute Gasteiger partial charge is 0.310 e. The SMILES string of the molecule is O=C(CC1(C(=O)O)CCC1)NC1(Cc2ccccc2)CC1. The number of aliphatic carboxylic acids is 1. The maximum Gasteiger partial charge on any atom is 0.310 e. The Bertz CT molecular complexity index is 544. The summed E-state index contributed by atoms with van der Waals surface area (Å²) in [4.78, 5) is 23.6. The molecule has 4 heteroatoms. The Kier molecular flexibility index (Phi) is 3.47. The Morgan fingerprint density at radius 1 is 1.10 bits per heavy atom. The molecule has 0 radical (unpaired) electrons. The van der Waals surface area contributed by atoms with Gasteiger partial charge in [-0.05, 0) is 37.7 Å². The third kappa shape index (κ3) is 2.94. The highest BCUT2D eigenvalue weighted by Gasteiger charge is 2.49. The molecule has 0 heterocycles. The number of carboxylic acids is 1. The van der Waals surface area contributed by atoms with Gasteiger partial charge in [0.25, 0.3) is 0 Å². The Labute approximate surface area is 124 Å². The van der Waals surface area contributed by atoms with Gasteiger partial charge in [0, 0.05) is 12.0 Å². The fourth-order valence-electron chi connectivity index (χ4n) is 3.20. The van der Waals surface area contributed by atoms with Gasteiger partial charge in [-0.15, -0.1) is 0 Å². The van der Waals surface area contributed by atoms with Gasteiger partial charge in [0.1, 0.15) is 0 Å². The van der Waals surface area contributed by atoms with Gasteiger partial charge >= 0.3 is 5.97 Å². The van der Waals surface area contributed by atoms with Gasteiger partial charge in [-0.1, -0.05) is 36.8 Å². The summed E-state index contributed by atoms with van der Waals surface area (Å²) in [5, 5.41) is 12.4. The highest BCUT2D eigenvalue weighted by Crippen LogP contribution is 2.45. The molecule has 21 heavy (non-hydrogen) atoms. The molecule has 3 rings (SSSR count). The molecule has 1 aromatic carbocycles. The van der Waals surface area contributed by atoms with E-state index in [0.717, 1.165) is 25.7 Å². The first-order valence-corrected chi connectivity index (χ1v) is 7.62. The van der Waals surface area contributed by atoms with Crippen LogP contribution >= 0.6 is 0 Å². The summed E-state index contributed by atoms with van der Waals surface area (Å²) >= 11 is 0. The molecule has 1 aromatic rings. The molecule has 2 aliphatic carbocycles. The zero-order valence-electron chi connectivity index (χ0n) is 12.1. The van der Waals surface area contributed by atoms with E-state index in [1.807, 2.05) is 18.2 Å². The molecule has 0 unspecified atom stereocenters. The van der Waals surface area contributed by atoms with Crippen molar-refractivity contribution >= 4 is 11.9 Å². The summed E-state index contributed by atoms with van der Waals surface area (Å²) in [7, 11) is 0. The maximum atomic E-state index is 12.2. The fourth-order valence-corrected chi connectivity index (χ4v) is 3.20. The lowest BCUT2D eigenvalue weighted by Gasteiger charge is -2.37. The van der Waals surface area contributed by atoms with Crippen molar-refractivity contribution in [1.82, 2.24) is 5.32 Å². The number of hydrogen-bond donors (Lipinski definition) is 2. The first kappa shape index (κ1) is 14.1. The molecule has 0 atom stereocenters. The van der Waals surface area contributed by atoms with Gasteiger partial charge in [0.15, 0.2) is 0 Å². The van der Waals surface area contributed by atoms with Crippen LogP contribution in [0.15, 0.2) is 30.3 Å². The minimum atomic E-state index is -0.822. The number of amides is 1. The molecule has 1 amide bonds. The molecule has 0 spiro atoms. The predicted octanol–water partition coefficient (Wildman–Crippen LogP) is 2.52. The number of rotatable bonds is 6. The summed E-state index contributed by atoms with van der Waals surface area (Å²) in [6, 6.07) is 10.1. The Hall–Kier alpha value is -1.84. The van der Waals surface area contributed by atoms with Crippen molar-refractivity contribution in [2.45, 2.75) is 50.5 Å². The van der Waals surface area contributed by atoms with Crippen molar-refractivity contribution in [2.75, 3.05) is 0 Å². The van der Waals surface area contributed by atoms with Crippen molar-refractivity contribution in [1.29, 1.82) is 0 Å². The summed E-state index contributed by atoms with van der Waals surface area (Å²) in [5.74, 6) is -0.928. The number of benzene rings is 1. The van der Waals surface area contributed by atoms with Crippen molar-refractivity contribution < 1.29 is 14.7 Å². The Morgan fingerprint density at radius 3 is 2.24 bits per heavy atom. The molecule has 0 aliphatic heterocycles. The average Bonchev–Trinajstić information content (AvgIpc) is 3.14. The van der Waals surface area contributed by atoms with Crippen LogP contribution in [0.1, 0.15) is 44.1 Å². The first-order chi connectivity index (χ1) is 10.0. The second-order valence-corrected chi connectivity index (χ2v) is 6.61. The summed E-state index contributed by atoms with van der Waals surface area (Å²) in [6.07, 6.45) is 5.08. The molecular weight excluding hydrogens is 266 g/mol. The molecule has 0 aromatic heterocycles. The van der Waals surface area contributed by atoms with E-state index in [2.05, 4.69) is 17.4 Å². The van der Waals surface area contributed by atoms with E-state index in [-0.39, 0.29) is 17.9 Å². The molecule has 4 nitrogen and oxygen atoms in total. The van der Waals surface area contributed by atoms with Gasteiger partial charge in [0.05, 0.1) is 5.41 Å². The molecular formula is C17H21NO3. The lowest BCUT2D eigenvalue weighted by molar-refractivity contribution is -0.157. The van der Waals surface area contributed by atoms with Gasteiger partial charge < -0.3 is 10.4 Å². The van der Waals surface area contributed by atoms with E-state index in [9.17, 15) is 14.7 Å². The van der Waals surface area contributed by atoms with Crippen LogP contribution in [0.25, 0.3) is 0 Å². The van der Waals surface area contributed by atoms with Crippen LogP contribution in [-0.4, -0.2) is 22.5 Å². The molecule has 2 N–H and O–H groups in total. The second-order valence-electron chi connectivity index (χ2n) is 6.61. The number of nitrogens with one attached hydrogen (secondary N) is 1. The highest BCUT2D eigenvalue weighted by molar-refractivity contribution is 5.86. The minimum absolute atomic E-state index is 0.106. The van der Waals surface area contributed by atoms with Gasteiger partial charge in [-0.2, -0.15) is 0 Å². The molecule has 0 saturated heterocycles. The fraction of sp³-hybridized carbons (Fsp3) is 0.529. The van der Waals surface area contributed by atoms with Crippen molar-refractivity contribution in [3.63, 3.8) is 0 Å². The van der Waals surface area contributed by atoms with E-state index in [0.29, 0.717) is 12.8 Å². The lowest BCUT2D eigenvalue weighted by atomic mass is 9.66. The van der Waals surface area contributed by atoms with E-state index >= 15 is 0 Å². The molecule has 0 bridgehead atoms. The first-order valence-electron chi connectivity index (χ1n) is 7.62. The second kappa shape index (κ2) is 5.17. The number of carbonyl (C=O) groups is 2. The van der Waals surface area contributed by atoms with Crippen molar-refractivity contribution in [3.8, 4) is 0 Å². The highest BCUT2D eigenvalue weighted by atomic mass is 16.4. The van der Waals surface area contributed by atoms with E-state index in [1.165, 1.54) is 5.56 Å². The van der Waals surface area contributed by atoms with Crippen LogP contribution in [0.5, 0.6) is 0 Å². The Morgan fingerprint density at radius 2 is 1.76 bits per heavy atom. The summed E-state index contributed by atoms with van der Waals surface area (Å²) < 4.78 is 0. The van der Waals surface area contributed by atoms with E-state index < -0.39 is 11.4 Å². The normalized spacial score (nSPS) is 21.1. The molecule has 2 saturated carbocycles. The minimum Gasteiger partial charge on any atom is -0.481 e. The number of hydrogen-bond acceptors (Lipinski definition) is 2. The van der Waals surface area contributed by atoms with Crippen molar-refractivity contribution in [3.05, 3.63) is 35.9 Å². The van der Waals surface area contributed by atoms with Crippen LogP contribution in [0.2, 0.25) is 0 Å². The molecule has 112 valence electrons. The van der Waals surface area contributed by atoms with Gasteiger partial charge in [0.2, 0.25) is 5.91 Å². The van der Waals surface area contributed by atoms with Gasteiger partial charge in [-0.25, -0.2) is 0 Å². The largest absolute Gasteiger partial charge is 0.481 e. The zero-order valence-corrected chi connectivity index (χ0v) is 12.1. The lowest BCUT2D eigenvalue weighted by Crippen LogP contribution is -2.46. The number of carboxylic acid groups (broad SMARTS) is 1. The molecule has 2 fully saturated rings. The molecule has 2 aliphatic rings. The monoisotopic (exact) mass is 287 g/mol. The average molecular weight is 287 g/mol. The van der Waals surface area contributed by atoms with Crippen LogP contribution < -0.4 is 5.32 Å². The maximum absolute atomic E-state index is 12.2. The predicted molar refractivity (Wildman–Crippen MR) is 78.8 cm³/mol. The summed E-state index contributed by atoms with van der Waals surface area (Å²) in [6.45, 7) is 0.